The van der Waals surface area contributed by atoms with Gasteiger partial charge in [-0.25, -0.2) is 9.59 Å². The normalized spacial score (nSPS) is 12.8. The molecule has 0 unspecified atom stereocenters. The number of carbonyl (C=O) groups excluding carboxylic acids is 2. The molecule has 0 spiro atoms. The summed E-state index contributed by atoms with van der Waals surface area (Å²) in [6, 6.07) is 22.4. The van der Waals surface area contributed by atoms with Crippen LogP contribution in [0.1, 0.15) is 46.3 Å². The predicted molar refractivity (Wildman–Crippen MR) is 132 cm³/mol. The number of rotatable bonds is 9. The highest BCUT2D eigenvalue weighted by Crippen LogP contribution is 2.44. The van der Waals surface area contributed by atoms with E-state index in [4.69, 9.17) is 9.84 Å². The molecule has 35 heavy (non-hydrogen) atoms. The molecule has 0 saturated carbocycles. The zero-order chi connectivity index (χ0) is 24.8. The van der Waals surface area contributed by atoms with E-state index in [2.05, 4.69) is 34.9 Å². The van der Waals surface area contributed by atoms with Crippen LogP contribution in [0, 0.1) is 0 Å². The van der Waals surface area contributed by atoms with Crippen molar-refractivity contribution in [3.8, 4) is 11.1 Å². The summed E-state index contributed by atoms with van der Waals surface area (Å²) in [6.45, 7) is 2.40. The molecular formula is C28H28N2O5. The van der Waals surface area contributed by atoms with Crippen molar-refractivity contribution in [2.75, 3.05) is 13.2 Å². The first-order valence-electron chi connectivity index (χ1n) is 11.6. The van der Waals surface area contributed by atoms with Crippen molar-refractivity contribution in [3.05, 3.63) is 95.1 Å². The van der Waals surface area contributed by atoms with Crippen LogP contribution in [-0.4, -0.2) is 42.3 Å². The average Bonchev–Trinajstić information content (AvgIpc) is 3.16. The Bertz CT molecular complexity index is 1180. The van der Waals surface area contributed by atoms with E-state index in [-0.39, 0.29) is 36.5 Å². The largest absolute Gasteiger partial charge is 0.478 e. The highest BCUT2D eigenvalue weighted by molar-refractivity contribution is 5.87. The number of carboxylic acids is 1. The molecule has 7 heteroatoms. The van der Waals surface area contributed by atoms with Crippen molar-refractivity contribution in [2.45, 2.75) is 31.7 Å². The van der Waals surface area contributed by atoms with E-state index in [0.717, 1.165) is 16.7 Å². The Morgan fingerprint density at radius 3 is 2.11 bits per heavy atom. The third-order valence-corrected chi connectivity index (χ3v) is 6.14. The summed E-state index contributed by atoms with van der Waals surface area (Å²) in [4.78, 5) is 35.5. The summed E-state index contributed by atoms with van der Waals surface area (Å²) < 4.78 is 5.53. The van der Waals surface area contributed by atoms with Crippen LogP contribution in [-0.2, 0) is 16.0 Å². The fraction of sp³-hybridized carbons (Fsp3) is 0.250. The lowest BCUT2D eigenvalue weighted by Gasteiger charge is -2.17. The van der Waals surface area contributed by atoms with Crippen LogP contribution in [0.15, 0.2) is 72.8 Å². The zero-order valence-electron chi connectivity index (χ0n) is 19.5. The van der Waals surface area contributed by atoms with Crippen LogP contribution in [0.25, 0.3) is 11.1 Å². The Kier molecular flexibility index (Phi) is 7.45. The van der Waals surface area contributed by atoms with E-state index in [1.165, 1.54) is 11.1 Å². The van der Waals surface area contributed by atoms with Crippen molar-refractivity contribution in [1.82, 2.24) is 10.6 Å². The predicted octanol–water partition coefficient (Wildman–Crippen LogP) is 4.36. The van der Waals surface area contributed by atoms with Crippen molar-refractivity contribution in [2.24, 2.45) is 0 Å². The van der Waals surface area contributed by atoms with Crippen LogP contribution in [0.5, 0.6) is 0 Å². The SMILES string of the molecule is C[C@@H](CC(=O)NCCc1ccc(C(=O)O)cc1)NC(=O)OCC1c2ccccc2-c2ccccc21. The van der Waals surface area contributed by atoms with Gasteiger partial charge < -0.3 is 20.5 Å². The number of aromatic carboxylic acids is 1. The van der Waals surface area contributed by atoms with Crippen LogP contribution in [0.2, 0.25) is 0 Å². The van der Waals surface area contributed by atoms with E-state index < -0.39 is 12.1 Å². The second-order valence-corrected chi connectivity index (χ2v) is 8.68. The van der Waals surface area contributed by atoms with Crippen LogP contribution >= 0.6 is 0 Å². The lowest BCUT2D eigenvalue weighted by molar-refractivity contribution is -0.121. The van der Waals surface area contributed by atoms with Gasteiger partial charge in [-0.2, -0.15) is 0 Å². The van der Waals surface area contributed by atoms with E-state index in [1.54, 1.807) is 31.2 Å². The molecule has 0 aliphatic heterocycles. The van der Waals surface area contributed by atoms with Gasteiger partial charge in [-0.3, -0.25) is 4.79 Å². The number of alkyl carbamates (subject to hydrolysis) is 1. The number of benzene rings is 3. The van der Waals surface area contributed by atoms with Crippen molar-refractivity contribution in [1.29, 1.82) is 0 Å². The van der Waals surface area contributed by atoms with Gasteiger partial charge in [-0.15, -0.1) is 0 Å². The van der Waals surface area contributed by atoms with Gasteiger partial charge in [0.2, 0.25) is 5.91 Å². The number of amides is 2. The number of carboxylic acid groups (broad SMARTS) is 1. The highest BCUT2D eigenvalue weighted by atomic mass is 16.5. The molecule has 0 heterocycles. The minimum Gasteiger partial charge on any atom is -0.478 e. The molecule has 3 aromatic carbocycles. The van der Waals surface area contributed by atoms with Gasteiger partial charge in [0.1, 0.15) is 6.61 Å². The van der Waals surface area contributed by atoms with E-state index >= 15 is 0 Å². The zero-order valence-corrected chi connectivity index (χ0v) is 19.5. The molecule has 1 atom stereocenters. The summed E-state index contributed by atoms with van der Waals surface area (Å²) in [6.07, 6.45) is 0.160. The second kappa shape index (κ2) is 10.9. The fourth-order valence-electron chi connectivity index (χ4n) is 4.40. The third-order valence-electron chi connectivity index (χ3n) is 6.14. The number of hydrogen-bond acceptors (Lipinski definition) is 4. The number of fused-ring (bicyclic) bond motifs is 3. The molecule has 180 valence electrons. The number of ether oxygens (including phenoxy) is 1. The molecule has 0 saturated heterocycles. The van der Waals surface area contributed by atoms with Crippen LogP contribution in [0.3, 0.4) is 0 Å². The van der Waals surface area contributed by atoms with E-state index in [0.29, 0.717) is 13.0 Å². The van der Waals surface area contributed by atoms with Crippen molar-refractivity contribution in [3.63, 3.8) is 0 Å². The summed E-state index contributed by atoms with van der Waals surface area (Å²) in [5.74, 6) is -1.17. The van der Waals surface area contributed by atoms with Gasteiger partial charge in [0.15, 0.2) is 0 Å². The van der Waals surface area contributed by atoms with Gasteiger partial charge in [-0.05, 0) is 53.3 Å². The molecule has 4 rings (SSSR count). The van der Waals surface area contributed by atoms with E-state index in [1.807, 2.05) is 24.3 Å². The molecule has 0 fully saturated rings. The van der Waals surface area contributed by atoms with Gasteiger partial charge in [0.05, 0.1) is 5.56 Å². The minimum atomic E-state index is -0.970. The fourth-order valence-corrected chi connectivity index (χ4v) is 4.40. The highest BCUT2D eigenvalue weighted by Gasteiger charge is 2.29. The maximum absolute atomic E-state index is 12.4. The molecule has 0 radical (unpaired) electrons. The van der Waals surface area contributed by atoms with E-state index in [9.17, 15) is 14.4 Å². The van der Waals surface area contributed by atoms with Gasteiger partial charge in [0, 0.05) is 24.9 Å². The number of hydrogen-bond donors (Lipinski definition) is 3. The first-order valence-corrected chi connectivity index (χ1v) is 11.6. The molecule has 7 nitrogen and oxygen atoms in total. The summed E-state index contributed by atoms with van der Waals surface area (Å²) in [7, 11) is 0. The number of carbonyl (C=O) groups is 3. The van der Waals surface area contributed by atoms with Gasteiger partial charge in [0.25, 0.3) is 0 Å². The molecule has 3 aromatic rings. The molecule has 1 aliphatic carbocycles. The van der Waals surface area contributed by atoms with Gasteiger partial charge in [-0.1, -0.05) is 60.7 Å². The quantitative estimate of drug-likeness (QED) is 0.429. The Labute approximate surface area is 204 Å². The van der Waals surface area contributed by atoms with Crippen LogP contribution < -0.4 is 10.6 Å². The molecule has 1 aliphatic rings. The third kappa shape index (κ3) is 5.87. The standard InChI is InChI=1S/C28H28N2O5/c1-18(16-26(31)29-15-14-19-10-12-20(13-11-19)27(32)33)30-28(34)35-17-25-23-8-4-2-6-21(23)22-7-3-5-9-24(22)25/h2-13,18,25H,14-17H2,1H3,(H,29,31)(H,30,34)(H,32,33)/t18-/m0/s1. The molecular weight excluding hydrogens is 444 g/mol. The Hall–Kier alpha value is -4.13. The average molecular weight is 473 g/mol. The minimum absolute atomic E-state index is 0.0173. The van der Waals surface area contributed by atoms with Gasteiger partial charge >= 0.3 is 12.1 Å². The first kappa shape index (κ1) is 24.0. The Balaban J connectivity index is 1.20. The van der Waals surface area contributed by atoms with Crippen molar-refractivity contribution >= 4 is 18.0 Å². The lowest BCUT2D eigenvalue weighted by Crippen LogP contribution is -2.38. The molecule has 0 bridgehead atoms. The number of nitrogens with one attached hydrogen (secondary N) is 2. The first-order chi connectivity index (χ1) is 16.9. The summed E-state index contributed by atoms with van der Waals surface area (Å²) in [5, 5.41) is 14.5. The molecule has 0 aromatic heterocycles. The maximum Gasteiger partial charge on any atom is 0.407 e. The smallest absolute Gasteiger partial charge is 0.407 e. The lowest BCUT2D eigenvalue weighted by atomic mass is 9.98. The maximum atomic E-state index is 12.4. The molecule has 2 amide bonds. The second-order valence-electron chi connectivity index (χ2n) is 8.68. The Morgan fingerprint density at radius 1 is 0.914 bits per heavy atom. The topological polar surface area (TPSA) is 105 Å². The summed E-state index contributed by atoms with van der Waals surface area (Å²) >= 11 is 0. The van der Waals surface area contributed by atoms with Crippen LogP contribution in [0.4, 0.5) is 4.79 Å². The van der Waals surface area contributed by atoms with Crippen molar-refractivity contribution < 1.29 is 24.2 Å². The Morgan fingerprint density at radius 2 is 1.51 bits per heavy atom. The summed E-state index contributed by atoms with van der Waals surface area (Å²) in [5.41, 5.74) is 5.78. The monoisotopic (exact) mass is 472 g/mol. The molecule has 3 N–H and O–H groups in total.